The maximum absolute atomic E-state index is 12.6. The standard InChI is InChI=1S/C15H20BrNO2/c1-3-14-10-17(5-4-6-19-14)15(18)12-7-11(2)8-13(16)9-12/h7-9,14H,3-6,10H2,1-2H3. The first kappa shape index (κ1) is 14.5. The van der Waals surface area contributed by atoms with Crippen molar-refractivity contribution >= 4 is 21.8 Å². The van der Waals surface area contributed by atoms with Crippen LogP contribution in [0.2, 0.25) is 0 Å². The molecule has 0 aromatic heterocycles. The molecule has 4 heteroatoms. The summed E-state index contributed by atoms with van der Waals surface area (Å²) in [6, 6.07) is 5.85. The summed E-state index contributed by atoms with van der Waals surface area (Å²) in [6.45, 7) is 6.32. The van der Waals surface area contributed by atoms with Gasteiger partial charge >= 0.3 is 0 Å². The second-order valence-electron chi connectivity index (χ2n) is 5.02. The molecule has 0 saturated carbocycles. The van der Waals surface area contributed by atoms with E-state index in [9.17, 15) is 4.79 Å². The maximum atomic E-state index is 12.6. The van der Waals surface area contributed by atoms with Gasteiger partial charge in [0, 0.05) is 29.7 Å². The number of rotatable bonds is 2. The summed E-state index contributed by atoms with van der Waals surface area (Å²) in [6.07, 6.45) is 2.02. The van der Waals surface area contributed by atoms with Gasteiger partial charge in [0.25, 0.3) is 5.91 Å². The quantitative estimate of drug-likeness (QED) is 0.834. The van der Waals surface area contributed by atoms with Crippen LogP contribution >= 0.6 is 15.9 Å². The molecular formula is C15H20BrNO2. The lowest BCUT2D eigenvalue weighted by molar-refractivity contribution is 0.0460. The van der Waals surface area contributed by atoms with Gasteiger partial charge in [-0.3, -0.25) is 4.79 Å². The number of amides is 1. The van der Waals surface area contributed by atoms with E-state index in [4.69, 9.17) is 4.74 Å². The van der Waals surface area contributed by atoms with E-state index >= 15 is 0 Å². The molecule has 104 valence electrons. The Hall–Kier alpha value is -0.870. The zero-order valence-corrected chi connectivity index (χ0v) is 13.1. The fourth-order valence-electron chi connectivity index (χ4n) is 2.37. The fraction of sp³-hybridized carbons (Fsp3) is 0.533. The molecule has 2 rings (SSSR count). The Morgan fingerprint density at radius 3 is 2.95 bits per heavy atom. The van der Waals surface area contributed by atoms with E-state index in [1.165, 1.54) is 0 Å². The Morgan fingerprint density at radius 2 is 2.26 bits per heavy atom. The van der Waals surface area contributed by atoms with E-state index in [1.807, 2.05) is 30.0 Å². The molecule has 1 aliphatic heterocycles. The number of halogens is 1. The molecule has 0 spiro atoms. The summed E-state index contributed by atoms with van der Waals surface area (Å²) in [5, 5.41) is 0. The summed E-state index contributed by atoms with van der Waals surface area (Å²) in [7, 11) is 0. The molecule has 0 N–H and O–H groups in total. The summed E-state index contributed by atoms with van der Waals surface area (Å²) >= 11 is 3.45. The highest BCUT2D eigenvalue weighted by atomic mass is 79.9. The minimum atomic E-state index is 0.105. The van der Waals surface area contributed by atoms with Gasteiger partial charge in [-0.15, -0.1) is 0 Å². The fourth-order valence-corrected chi connectivity index (χ4v) is 2.98. The van der Waals surface area contributed by atoms with Crippen molar-refractivity contribution in [2.45, 2.75) is 32.8 Å². The molecule has 1 unspecified atom stereocenters. The van der Waals surface area contributed by atoms with Crippen molar-refractivity contribution in [3.63, 3.8) is 0 Å². The van der Waals surface area contributed by atoms with Crippen LogP contribution in [0.1, 0.15) is 35.7 Å². The highest BCUT2D eigenvalue weighted by Crippen LogP contribution is 2.18. The second-order valence-corrected chi connectivity index (χ2v) is 5.94. The Bertz CT molecular complexity index is 441. The van der Waals surface area contributed by atoms with E-state index in [0.717, 1.165) is 41.6 Å². The first-order valence-electron chi connectivity index (χ1n) is 6.78. The molecule has 0 aliphatic carbocycles. The van der Waals surface area contributed by atoms with Crippen molar-refractivity contribution in [1.29, 1.82) is 0 Å². The zero-order chi connectivity index (χ0) is 13.8. The molecule has 1 aliphatic rings. The number of ether oxygens (including phenoxy) is 1. The first-order valence-corrected chi connectivity index (χ1v) is 7.57. The van der Waals surface area contributed by atoms with E-state index in [0.29, 0.717) is 6.54 Å². The van der Waals surface area contributed by atoms with Crippen LogP contribution < -0.4 is 0 Å². The maximum Gasteiger partial charge on any atom is 0.253 e. The van der Waals surface area contributed by atoms with E-state index < -0.39 is 0 Å². The van der Waals surface area contributed by atoms with Crippen molar-refractivity contribution in [1.82, 2.24) is 4.90 Å². The molecular weight excluding hydrogens is 306 g/mol. The summed E-state index contributed by atoms with van der Waals surface area (Å²) in [4.78, 5) is 14.5. The van der Waals surface area contributed by atoms with E-state index in [1.54, 1.807) is 0 Å². The van der Waals surface area contributed by atoms with Gasteiger partial charge in [-0.1, -0.05) is 22.9 Å². The average Bonchev–Trinajstić information content (AvgIpc) is 2.62. The zero-order valence-electron chi connectivity index (χ0n) is 11.5. The average molecular weight is 326 g/mol. The van der Waals surface area contributed by atoms with Gasteiger partial charge in [-0.2, -0.15) is 0 Å². The van der Waals surface area contributed by atoms with Gasteiger partial charge in [0.05, 0.1) is 6.10 Å². The summed E-state index contributed by atoms with van der Waals surface area (Å²) in [5.74, 6) is 0.105. The van der Waals surface area contributed by atoms with E-state index in [2.05, 4.69) is 22.9 Å². The van der Waals surface area contributed by atoms with Gasteiger partial charge in [-0.05, 0) is 43.5 Å². The molecule has 0 radical (unpaired) electrons. The third kappa shape index (κ3) is 3.80. The smallest absolute Gasteiger partial charge is 0.253 e. The van der Waals surface area contributed by atoms with Crippen LogP contribution in [-0.2, 0) is 4.74 Å². The Morgan fingerprint density at radius 1 is 1.47 bits per heavy atom. The van der Waals surface area contributed by atoms with Crippen LogP contribution in [0, 0.1) is 6.92 Å². The summed E-state index contributed by atoms with van der Waals surface area (Å²) < 4.78 is 6.67. The van der Waals surface area contributed by atoms with E-state index in [-0.39, 0.29) is 12.0 Å². The minimum Gasteiger partial charge on any atom is -0.376 e. The van der Waals surface area contributed by atoms with Gasteiger partial charge in [0.1, 0.15) is 0 Å². The Kier molecular flexibility index (Phi) is 4.99. The largest absolute Gasteiger partial charge is 0.376 e. The summed E-state index contributed by atoms with van der Waals surface area (Å²) in [5.41, 5.74) is 1.85. The number of carbonyl (C=O) groups excluding carboxylic acids is 1. The molecule has 1 heterocycles. The van der Waals surface area contributed by atoms with Gasteiger partial charge < -0.3 is 9.64 Å². The lowest BCUT2D eigenvalue weighted by atomic mass is 10.1. The van der Waals surface area contributed by atoms with Gasteiger partial charge in [0.2, 0.25) is 0 Å². The number of benzene rings is 1. The lowest BCUT2D eigenvalue weighted by Gasteiger charge is -2.23. The van der Waals surface area contributed by atoms with Gasteiger partial charge in [-0.25, -0.2) is 0 Å². The molecule has 1 aromatic rings. The molecule has 1 saturated heterocycles. The predicted octanol–water partition coefficient (Wildman–Crippen LogP) is 3.40. The number of hydrogen-bond acceptors (Lipinski definition) is 2. The monoisotopic (exact) mass is 325 g/mol. The van der Waals surface area contributed by atoms with Crippen LogP contribution in [0.3, 0.4) is 0 Å². The molecule has 1 atom stereocenters. The molecule has 19 heavy (non-hydrogen) atoms. The van der Waals surface area contributed by atoms with Crippen LogP contribution in [0.15, 0.2) is 22.7 Å². The molecule has 1 fully saturated rings. The Labute approximate surface area is 123 Å². The van der Waals surface area contributed by atoms with Gasteiger partial charge in [0.15, 0.2) is 0 Å². The third-order valence-electron chi connectivity index (χ3n) is 3.38. The molecule has 0 bridgehead atoms. The highest BCUT2D eigenvalue weighted by Gasteiger charge is 2.22. The van der Waals surface area contributed by atoms with Crippen LogP contribution in [0.5, 0.6) is 0 Å². The number of nitrogens with zero attached hydrogens (tertiary/aromatic N) is 1. The number of hydrogen-bond donors (Lipinski definition) is 0. The minimum absolute atomic E-state index is 0.105. The van der Waals surface area contributed by atoms with Crippen molar-refractivity contribution in [3.05, 3.63) is 33.8 Å². The first-order chi connectivity index (χ1) is 9.10. The van der Waals surface area contributed by atoms with Crippen LogP contribution in [-0.4, -0.2) is 36.6 Å². The molecule has 3 nitrogen and oxygen atoms in total. The number of carbonyl (C=O) groups is 1. The molecule has 1 aromatic carbocycles. The van der Waals surface area contributed by atoms with Crippen molar-refractivity contribution < 1.29 is 9.53 Å². The van der Waals surface area contributed by atoms with Crippen LogP contribution in [0.25, 0.3) is 0 Å². The third-order valence-corrected chi connectivity index (χ3v) is 3.84. The SMILES string of the molecule is CCC1CN(C(=O)c2cc(C)cc(Br)c2)CCCO1. The number of aryl methyl sites for hydroxylation is 1. The van der Waals surface area contributed by atoms with Crippen molar-refractivity contribution in [3.8, 4) is 0 Å². The van der Waals surface area contributed by atoms with Crippen molar-refractivity contribution in [2.75, 3.05) is 19.7 Å². The van der Waals surface area contributed by atoms with Crippen LogP contribution in [0.4, 0.5) is 0 Å². The topological polar surface area (TPSA) is 29.5 Å². The highest BCUT2D eigenvalue weighted by molar-refractivity contribution is 9.10. The normalized spacial score (nSPS) is 20.2. The Balaban J connectivity index is 2.17. The second kappa shape index (κ2) is 6.53. The lowest BCUT2D eigenvalue weighted by Crippen LogP contribution is -2.36. The predicted molar refractivity (Wildman–Crippen MR) is 79.4 cm³/mol. The van der Waals surface area contributed by atoms with Crippen molar-refractivity contribution in [2.24, 2.45) is 0 Å². The molecule has 1 amide bonds.